The van der Waals surface area contributed by atoms with Gasteiger partial charge in [-0.1, -0.05) is 0 Å². The summed E-state index contributed by atoms with van der Waals surface area (Å²) in [5, 5.41) is 4.21. The van der Waals surface area contributed by atoms with Crippen LogP contribution in [0.15, 0.2) is 30.7 Å². The third kappa shape index (κ3) is 1.96. The van der Waals surface area contributed by atoms with Gasteiger partial charge >= 0.3 is 0 Å². The predicted octanol–water partition coefficient (Wildman–Crippen LogP) is 0.705. The first-order valence-corrected chi connectivity index (χ1v) is 7.52. The highest BCUT2D eigenvalue weighted by Crippen LogP contribution is 2.41. The van der Waals surface area contributed by atoms with Crippen molar-refractivity contribution in [3.63, 3.8) is 0 Å². The molecule has 7 heteroatoms. The van der Waals surface area contributed by atoms with Crippen LogP contribution in [-0.2, 0) is 7.05 Å². The molecular formula is C15H18N6O. The summed E-state index contributed by atoms with van der Waals surface area (Å²) in [6.45, 7) is 2.44. The molecule has 0 bridgehead atoms. The Labute approximate surface area is 128 Å². The summed E-state index contributed by atoms with van der Waals surface area (Å²) in [5.41, 5.74) is 0.521. The highest BCUT2D eigenvalue weighted by molar-refractivity contribution is 5.92. The Morgan fingerprint density at radius 3 is 2.64 bits per heavy atom. The van der Waals surface area contributed by atoms with Gasteiger partial charge in [0, 0.05) is 45.3 Å². The van der Waals surface area contributed by atoms with Crippen molar-refractivity contribution in [2.24, 2.45) is 7.05 Å². The minimum atomic E-state index is 0.00575. The first-order valence-electron chi connectivity index (χ1n) is 7.52. The summed E-state index contributed by atoms with van der Waals surface area (Å²) in [4.78, 5) is 25.4. The van der Waals surface area contributed by atoms with Crippen LogP contribution in [0.4, 0.5) is 5.95 Å². The molecule has 2 aliphatic heterocycles. The van der Waals surface area contributed by atoms with Gasteiger partial charge in [-0.2, -0.15) is 5.10 Å². The van der Waals surface area contributed by atoms with Crippen molar-refractivity contribution in [1.82, 2.24) is 24.6 Å². The van der Waals surface area contributed by atoms with E-state index < -0.39 is 0 Å². The highest BCUT2D eigenvalue weighted by atomic mass is 16.2. The molecule has 114 valence electrons. The van der Waals surface area contributed by atoms with E-state index >= 15 is 0 Å². The molecule has 0 N–H and O–H groups in total. The van der Waals surface area contributed by atoms with Crippen LogP contribution >= 0.6 is 0 Å². The van der Waals surface area contributed by atoms with Crippen molar-refractivity contribution in [2.45, 2.75) is 18.4 Å². The zero-order valence-corrected chi connectivity index (χ0v) is 12.5. The number of hydrogen-bond donors (Lipinski definition) is 0. The Balaban J connectivity index is 1.51. The fourth-order valence-electron chi connectivity index (χ4n) is 3.43. The van der Waals surface area contributed by atoms with E-state index in [1.54, 1.807) is 29.3 Å². The first-order chi connectivity index (χ1) is 10.7. The van der Waals surface area contributed by atoms with Crippen molar-refractivity contribution in [3.05, 3.63) is 36.4 Å². The molecule has 2 aromatic rings. The fraction of sp³-hybridized carbons (Fsp3) is 0.467. The lowest BCUT2D eigenvalue weighted by Crippen LogP contribution is -2.62. The van der Waals surface area contributed by atoms with Crippen LogP contribution in [0.2, 0.25) is 0 Å². The fourth-order valence-corrected chi connectivity index (χ4v) is 3.43. The topological polar surface area (TPSA) is 67.2 Å². The zero-order valence-electron chi connectivity index (χ0n) is 12.5. The standard InChI is InChI=1S/C15H18N6O/c1-19-8-3-12(18-19)13(22)20-9-4-15(11-20)5-10-21(15)14-16-6-2-7-17-14/h2-3,6-8H,4-5,9-11H2,1H3/t15-/m1/s1. The summed E-state index contributed by atoms with van der Waals surface area (Å²) in [5.74, 6) is 0.777. The molecule has 0 saturated carbocycles. The number of carbonyl (C=O) groups is 1. The van der Waals surface area contributed by atoms with Gasteiger partial charge in [0.1, 0.15) is 5.69 Å². The molecule has 2 aromatic heterocycles. The van der Waals surface area contributed by atoms with Crippen molar-refractivity contribution < 1.29 is 4.79 Å². The van der Waals surface area contributed by atoms with Gasteiger partial charge in [-0.15, -0.1) is 0 Å². The number of likely N-dealkylation sites (tertiary alicyclic amines) is 1. The van der Waals surface area contributed by atoms with E-state index in [1.807, 2.05) is 18.0 Å². The van der Waals surface area contributed by atoms with E-state index in [-0.39, 0.29) is 11.4 Å². The van der Waals surface area contributed by atoms with Crippen LogP contribution < -0.4 is 4.90 Å². The number of hydrogen-bond acceptors (Lipinski definition) is 5. The van der Waals surface area contributed by atoms with Crippen molar-refractivity contribution in [1.29, 1.82) is 0 Å². The molecule has 0 unspecified atom stereocenters. The Kier molecular flexibility index (Phi) is 2.88. The monoisotopic (exact) mass is 298 g/mol. The molecule has 1 atom stereocenters. The third-order valence-corrected chi connectivity index (χ3v) is 4.72. The quantitative estimate of drug-likeness (QED) is 0.816. The summed E-state index contributed by atoms with van der Waals surface area (Å²) in [6, 6.07) is 3.59. The number of nitrogens with zero attached hydrogens (tertiary/aromatic N) is 6. The van der Waals surface area contributed by atoms with Gasteiger partial charge in [0.25, 0.3) is 5.91 Å². The number of carbonyl (C=O) groups excluding carboxylic acids is 1. The molecule has 4 rings (SSSR count). The van der Waals surface area contributed by atoms with Crippen LogP contribution in [-0.4, -0.2) is 55.7 Å². The third-order valence-electron chi connectivity index (χ3n) is 4.72. The van der Waals surface area contributed by atoms with Crippen molar-refractivity contribution in [3.8, 4) is 0 Å². The number of anilines is 1. The predicted molar refractivity (Wildman–Crippen MR) is 80.5 cm³/mol. The van der Waals surface area contributed by atoms with Crippen LogP contribution in [0.25, 0.3) is 0 Å². The molecule has 1 amide bonds. The molecule has 2 aliphatic rings. The van der Waals surface area contributed by atoms with Gasteiger partial charge in [0.2, 0.25) is 5.95 Å². The average molecular weight is 298 g/mol. The van der Waals surface area contributed by atoms with Gasteiger partial charge in [-0.25, -0.2) is 9.97 Å². The minimum Gasteiger partial charge on any atom is -0.335 e. The Morgan fingerprint density at radius 1 is 1.23 bits per heavy atom. The molecular weight excluding hydrogens is 280 g/mol. The van der Waals surface area contributed by atoms with E-state index in [4.69, 9.17) is 0 Å². The highest BCUT2D eigenvalue weighted by Gasteiger charge is 2.51. The number of rotatable bonds is 2. The van der Waals surface area contributed by atoms with Gasteiger partial charge in [0.05, 0.1) is 5.54 Å². The maximum absolute atomic E-state index is 12.5. The van der Waals surface area contributed by atoms with Crippen LogP contribution in [0.5, 0.6) is 0 Å². The molecule has 1 spiro atoms. The van der Waals surface area contributed by atoms with E-state index in [0.29, 0.717) is 5.69 Å². The molecule has 2 saturated heterocycles. The van der Waals surface area contributed by atoms with E-state index in [0.717, 1.165) is 38.4 Å². The summed E-state index contributed by atoms with van der Waals surface area (Å²) in [6.07, 6.45) is 7.37. The Morgan fingerprint density at radius 2 is 2.00 bits per heavy atom. The van der Waals surface area contributed by atoms with Crippen molar-refractivity contribution in [2.75, 3.05) is 24.5 Å². The minimum absolute atomic E-state index is 0.00575. The van der Waals surface area contributed by atoms with Gasteiger partial charge in [-0.05, 0) is 25.0 Å². The van der Waals surface area contributed by atoms with Crippen LogP contribution in [0, 0.1) is 0 Å². The first kappa shape index (κ1) is 13.2. The molecule has 7 nitrogen and oxygen atoms in total. The van der Waals surface area contributed by atoms with Gasteiger partial charge in [-0.3, -0.25) is 9.48 Å². The number of aryl methyl sites for hydroxylation is 1. The normalized spacial score (nSPS) is 23.9. The largest absolute Gasteiger partial charge is 0.335 e. The maximum Gasteiger partial charge on any atom is 0.274 e. The van der Waals surface area contributed by atoms with E-state index in [9.17, 15) is 4.79 Å². The molecule has 0 aliphatic carbocycles. The van der Waals surface area contributed by atoms with Gasteiger partial charge in [0.15, 0.2) is 0 Å². The average Bonchev–Trinajstić information content (AvgIpc) is 3.14. The molecule has 0 radical (unpaired) electrons. The zero-order chi connectivity index (χ0) is 15.2. The van der Waals surface area contributed by atoms with E-state index in [2.05, 4.69) is 20.0 Å². The SMILES string of the molecule is Cn1ccc(C(=O)N2CC[C@@]3(CCN3c3ncccn3)C2)n1. The molecule has 0 aromatic carbocycles. The lowest BCUT2D eigenvalue weighted by molar-refractivity contribution is 0.0769. The lowest BCUT2D eigenvalue weighted by atomic mass is 9.84. The van der Waals surface area contributed by atoms with E-state index in [1.165, 1.54) is 0 Å². The molecule has 22 heavy (non-hydrogen) atoms. The Bertz CT molecular complexity index is 699. The molecule has 2 fully saturated rings. The smallest absolute Gasteiger partial charge is 0.274 e. The number of aromatic nitrogens is 4. The van der Waals surface area contributed by atoms with Crippen LogP contribution in [0.3, 0.4) is 0 Å². The maximum atomic E-state index is 12.5. The van der Waals surface area contributed by atoms with Crippen molar-refractivity contribution >= 4 is 11.9 Å². The summed E-state index contributed by atoms with van der Waals surface area (Å²) >= 11 is 0. The summed E-state index contributed by atoms with van der Waals surface area (Å²) in [7, 11) is 1.82. The second-order valence-electron chi connectivity index (χ2n) is 6.03. The molecule has 4 heterocycles. The second kappa shape index (κ2) is 4.79. The lowest BCUT2D eigenvalue weighted by Gasteiger charge is -2.50. The Hall–Kier alpha value is -2.44. The number of amides is 1. The second-order valence-corrected chi connectivity index (χ2v) is 6.03. The van der Waals surface area contributed by atoms with Gasteiger partial charge < -0.3 is 9.80 Å². The summed E-state index contributed by atoms with van der Waals surface area (Å²) < 4.78 is 1.66. The van der Waals surface area contributed by atoms with Crippen LogP contribution in [0.1, 0.15) is 23.3 Å².